The molecule has 1 aliphatic carbocycles. The van der Waals surface area contributed by atoms with Crippen molar-refractivity contribution in [1.29, 1.82) is 0 Å². The molecule has 0 saturated heterocycles. The summed E-state index contributed by atoms with van der Waals surface area (Å²) in [5.41, 5.74) is -0.529. The van der Waals surface area contributed by atoms with Gasteiger partial charge in [-0.15, -0.1) is 0 Å². The van der Waals surface area contributed by atoms with Crippen molar-refractivity contribution >= 4 is 11.9 Å². The highest BCUT2D eigenvalue weighted by Crippen LogP contribution is 2.33. The lowest BCUT2D eigenvalue weighted by atomic mass is 10.1. The van der Waals surface area contributed by atoms with Gasteiger partial charge in [-0.3, -0.25) is 4.79 Å². The van der Waals surface area contributed by atoms with Crippen LogP contribution in [0.5, 0.6) is 0 Å². The molecular formula is C14H25NO3. The molecule has 4 heteroatoms. The van der Waals surface area contributed by atoms with E-state index in [1.54, 1.807) is 27.7 Å². The molecule has 1 atom stereocenters. The van der Waals surface area contributed by atoms with Gasteiger partial charge in [-0.25, -0.2) is 4.79 Å². The van der Waals surface area contributed by atoms with Gasteiger partial charge in [0.25, 0.3) is 0 Å². The summed E-state index contributed by atoms with van der Waals surface area (Å²) in [7, 11) is 0. The Hall–Kier alpha value is -1.06. The Morgan fingerprint density at radius 3 is 2.44 bits per heavy atom. The van der Waals surface area contributed by atoms with Crippen LogP contribution in [0, 0.1) is 5.92 Å². The summed E-state index contributed by atoms with van der Waals surface area (Å²) >= 11 is 0. The molecule has 0 aromatic carbocycles. The Labute approximate surface area is 109 Å². The number of carbonyl (C=O) groups excluding carboxylic acids is 2. The third-order valence-corrected chi connectivity index (χ3v) is 2.95. The van der Waals surface area contributed by atoms with E-state index in [4.69, 9.17) is 4.74 Å². The van der Waals surface area contributed by atoms with Crippen LogP contribution in [0.2, 0.25) is 0 Å². The lowest BCUT2D eigenvalue weighted by molar-refractivity contribution is -0.120. The van der Waals surface area contributed by atoms with Crippen molar-refractivity contribution in [3.63, 3.8) is 0 Å². The minimum Gasteiger partial charge on any atom is -0.444 e. The maximum absolute atomic E-state index is 11.8. The number of amides is 1. The zero-order valence-electron chi connectivity index (χ0n) is 11.9. The van der Waals surface area contributed by atoms with Crippen LogP contribution in [0.1, 0.15) is 59.8 Å². The maximum Gasteiger partial charge on any atom is 0.408 e. The van der Waals surface area contributed by atoms with Gasteiger partial charge in [0.2, 0.25) is 0 Å². The second-order valence-corrected chi connectivity index (χ2v) is 6.17. The largest absolute Gasteiger partial charge is 0.444 e. The molecule has 4 nitrogen and oxygen atoms in total. The zero-order chi connectivity index (χ0) is 13.8. The smallest absolute Gasteiger partial charge is 0.408 e. The highest BCUT2D eigenvalue weighted by molar-refractivity contribution is 5.86. The summed E-state index contributed by atoms with van der Waals surface area (Å²) in [5, 5.41) is 2.58. The van der Waals surface area contributed by atoms with Crippen LogP contribution in [0.4, 0.5) is 4.79 Å². The Morgan fingerprint density at radius 2 is 1.94 bits per heavy atom. The number of alkyl carbamates (subject to hydrolysis) is 1. The van der Waals surface area contributed by atoms with Gasteiger partial charge in [-0.05, 0) is 40.0 Å². The van der Waals surface area contributed by atoms with Crippen LogP contribution < -0.4 is 5.32 Å². The molecule has 1 aliphatic rings. The summed E-state index contributed by atoms with van der Waals surface area (Å²) in [6.07, 6.45) is 4.74. The second-order valence-electron chi connectivity index (χ2n) is 6.17. The summed E-state index contributed by atoms with van der Waals surface area (Å²) in [4.78, 5) is 23.3. The molecule has 0 radical (unpaired) electrons. The van der Waals surface area contributed by atoms with Crippen molar-refractivity contribution in [2.75, 3.05) is 0 Å². The van der Waals surface area contributed by atoms with Gasteiger partial charge >= 0.3 is 6.09 Å². The molecule has 0 bridgehead atoms. The van der Waals surface area contributed by atoms with Gasteiger partial charge < -0.3 is 10.1 Å². The van der Waals surface area contributed by atoms with Crippen LogP contribution in [-0.4, -0.2) is 23.5 Å². The van der Waals surface area contributed by atoms with E-state index in [1.807, 2.05) is 0 Å². The summed E-state index contributed by atoms with van der Waals surface area (Å²) < 4.78 is 5.11. The molecule has 0 heterocycles. The van der Waals surface area contributed by atoms with Gasteiger partial charge in [-0.1, -0.05) is 19.3 Å². The van der Waals surface area contributed by atoms with Crippen LogP contribution in [0.25, 0.3) is 0 Å². The Balaban J connectivity index is 2.18. The van der Waals surface area contributed by atoms with E-state index in [-0.39, 0.29) is 5.78 Å². The van der Waals surface area contributed by atoms with E-state index in [1.165, 1.54) is 12.8 Å². The first kappa shape index (κ1) is 15.0. The third kappa shape index (κ3) is 6.62. The van der Waals surface area contributed by atoms with Crippen molar-refractivity contribution < 1.29 is 14.3 Å². The molecule has 0 spiro atoms. The average Bonchev–Trinajstić information content (AvgIpc) is 2.98. The van der Waals surface area contributed by atoms with Crippen molar-refractivity contribution in [1.82, 2.24) is 5.32 Å². The van der Waals surface area contributed by atoms with Crippen LogP contribution in [0.3, 0.4) is 0 Å². The topological polar surface area (TPSA) is 55.4 Å². The molecule has 0 aromatic rings. The highest BCUT2D eigenvalue weighted by atomic mass is 16.6. The molecule has 1 amide bonds. The monoisotopic (exact) mass is 255 g/mol. The van der Waals surface area contributed by atoms with E-state index in [2.05, 4.69) is 5.32 Å². The number of ketones is 1. The minimum absolute atomic E-state index is 0.0847. The Kier molecular flexibility index (Phi) is 5.17. The minimum atomic E-state index is -0.529. The molecule has 1 fully saturated rings. The zero-order valence-corrected chi connectivity index (χ0v) is 11.9. The van der Waals surface area contributed by atoms with Crippen molar-refractivity contribution in [3.05, 3.63) is 0 Å². The first-order valence-electron chi connectivity index (χ1n) is 6.80. The Bertz CT molecular complexity index is 303. The predicted octanol–water partition coefficient (Wildman–Crippen LogP) is 3.05. The van der Waals surface area contributed by atoms with Crippen LogP contribution in [0.15, 0.2) is 0 Å². The number of ether oxygens (including phenoxy) is 1. The number of nitrogens with one attached hydrogen (secondary N) is 1. The third-order valence-electron chi connectivity index (χ3n) is 2.95. The maximum atomic E-state index is 11.8. The number of Topliss-reactive ketones (excluding diaryl/α,β-unsaturated/α-hetero) is 1. The van der Waals surface area contributed by atoms with Gasteiger partial charge in [0, 0.05) is 6.42 Å². The second kappa shape index (κ2) is 6.21. The van der Waals surface area contributed by atoms with Crippen molar-refractivity contribution in [3.8, 4) is 0 Å². The van der Waals surface area contributed by atoms with E-state index in [9.17, 15) is 9.59 Å². The molecule has 1 rings (SSSR count). The SMILES string of the molecule is CC(NC(=O)OC(C)(C)C)C(=O)CCCC1CC1. The molecular weight excluding hydrogens is 230 g/mol. The van der Waals surface area contributed by atoms with E-state index in [0.717, 1.165) is 18.8 Å². The van der Waals surface area contributed by atoms with E-state index < -0.39 is 17.7 Å². The quantitative estimate of drug-likeness (QED) is 0.793. The van der Waals surface area contributed by atoms with E-state index in [0.29, 0.717) is 6.42 Å². The average molecular weight is 255 g/mol. The molecule has 1 saturated carbocycles. The lowest BCUT2D eigenvalue weighted by Crippen LogP contribution is -2.41. The number of hydrogen-bond acceptors (Lipinski definition) is 3. The molecule has 104 valence electrons. The fourth-order valence-corrected chi connectivity index (χ4v) is 1.75. The Morgan fingerprint density at radius 1 is 1.33 bits per heavy atom. The number of carbonyl (C=O) groups is 2. The van der Waals surface area contributed by atoms with Crippen molar-refractivity contribution in [2.24, 2.45) is 5.92 Å². The molecule has 18 heavy (non-hydrogen) atoms. The fourth-order valence-electron chi connectivity index (χ4n) is 1.75. The molecule has 0 aromatic heterocycles. The summed E-state index contributed by atoms with van der Waals surface area (Å²) in [6, 6.07) is -0.459. The standard InChI is InChI=1S/C14H25NO3/c1-10(15-13(17)18-14(2,3)4)12(16)7-5-6-11-8-9-11/h10-11H,5-9H2,1-4H3,(H,15,17). The van der Waals surface area contributed by atoms with E-state index >= 15 is 0 Å². The van der Waals surface area contributed by atoms with Gasteiger partial charge in [0.1, 0.15) is 5.60 Å². The predicted molar refractivity (Wildman–Crippen MR) is 70.4 cm³/mol. The molecule has 0 aliphatic heterocycles. The fraction of sp³-hybridized carbons (Fsp3) is 0.857. The van der Waals surface area contributed by atoms with Gasteiger partial charge in [0.05, 0.1) is 6.04 Å². The van der Waals surface area contributed by atoms with Crippen LogP contribution in [-0.2, 0) is 9.53 Å². The normalized spacial score (nSPS) is 17.1. The van der Waals surface area contributed by atoms with Crippen LogP contribution >= 0.6 is 0 Å². The summed E-state index contributed by atoms with van der Waals surface area (Å²) in [5.74, 6) is 0.938. The summed E-state index contributed by atoms with van der Waals surface area (Å²) in [6.45, 7) is 7.11. The van der Waals surface area contributed by atoms with Gasteiger partial charge in [-0.2, -0.15) is 0 Å². The molecule has 1 N–H and O–H groups in total. The number of hydrogen-bond donors (Lipinski definition) is 1. The van der Waals surface area contributed by atoms with Crippen molar-refractivity contribution in [2.45, 2.75) is 71.4 Å². The number of rotatable bonds is 6. The lowest BCUT2D eigenvalue weighted by Gasteiger charge is -2.21. The first-order valence-corrected chi connectivity index (χ1v) is 6.80. The first-order chi connectivity index (χ1) is 8.28. The highest BCUT2D eigenvalue weighted by Gasteiger charge is 2.23. The molecule has 1 unspecified atom stereocenters. The van der Waals surface area contributed by atoms with Gasteiger partial charge in [0.15, 0.2) is 5.78 Å².